The van der Waals surface area contributed by atoms with Crippen molar-refractivity contribution in [1.29, 1.82) is 5.41 Å². The number of hydrogen-bond donors (Lipinski definition) is 3. The van der Waals surface area contributed by atoms with Crippen LogP contribution in [-0.4, -0.2) is 52.9 Å². The number of aryl methyl sites for hydroxylation is 1. The lowest BCUT2D eigenvalue weighted by Crippen LogP contribution is -2.42. The van der Waals surface area contributed by atoms with Crippen LogP contribution in [0.2, 0.25) is 0 Å². The van der Waals surface area contributed by atoms with Gasteiger partial charge in [0.1, 0.15) is 24.7 Å². The van der Waals surface area contributed by atoms with E-state index in [2.05, 4.69) is 5.32 Å². The Morgan fingerprint density at radius 3 is 2.38 bits per heavy atom. The number of amides is 2. The van der Waals surface area contributed by atoms with Gasteiger partial charge in [0.05, 0.1) is 17.6 Å². The van der Waals surface area contributed by atoms with Crippen molar-refractivity contribution in [3.8, 4) is 0 Å². The van der Waals surface area contributed by atoms with Gasteiger partial charge in [-0.15, -0.1) is 0 Å². The summed E-state index contributed by atoms with van der Waals surface area (Å²) in [5, 5.41) is 10.1. The second kappa shape index (κ2) is 12.0. The zero-order chi connectivity index (χ0) is 27.9. The van der Waals surface area contributed by atoms with Crippen molar-refractivity contribution in [1.82, 2.24) is 14.9 Å². The molecule has 0 atom stereocenters. The first-order valence-electron chi connectivity index (χ1n) is 12.4. The number of benzene rings is 3. The summed E-state index contributed by atoms with van der Waals surface area (Å²) in [6.45, 7) is 1.35. The van der Waals surface area contributed by atoms with Gasteiger partial charge >= 0.3 is 5.97 Å². The Morgan fingerprint density at radius 2 is 1.72 bits per heavy atom. The van der Waals surface area contributed by atoms with Gasteiger partial charge in [-0.1, -0.05) is 42.5 Å². The van der Waals surface area contributed by atoms with Crippen LogP contribution in [0.15, 0.2) is 72.8 Å². The molecule has 1 aromatic heterocycles. The van der Waals surface area contributed by atoms with Gasteiger partial charge in [0.2, 0.25) is 5.91 Å². The van der Waals surface area contributed by atoms with E-state index in [1.807, 2.05) is 35.9 Å². The summed E-state index contributed by atoms with van der Waals surface area (Å²) in [7, 11) is 1.92. The highest BCUT2D eigenvalue weighted by Crippen LogP contribution is 2.22. The van der Waals surface area contributed by atoms with Crippen molar-refractivity contribution in [3.05, 3.63) is 95.3 Å². The average molecular weight is 527 g/mol. The summed E-state index contributed by atoms with van der Waals surface area (Å²) >= 11 is 0. The van der Waals surface area contributed by atoms with E-state index < -0.39 is 11.9 Å². The van der Waals surface area contributed by atoms with Crippen LogP contribution in [0.25, 0.3) is 11.0 Å². The van der Waals surface area contributed by atoms with E-state index in [0.29, 0.717) is 28.8 Å². The molecule has 0 spiro atoms. The highest BCUT2D eigenvalue weighted by Gasteiger charge is 2.22. The highest BCUT2D eigenvalue weighted by atomic mass is 16.5. The molecule has 0 saturated carbocycles. The maximum Gasteiger partial charge on any atom is 0.325 e. The van der Waals surface area contributed by atoms with Gasteiger partial charge in [-0.3, -0.25) is 24.7 Å². The molecule has 0 bridgehead atoms. The number of nitrogen functional groups attached to an aromatic ring is 1. The lowest BCUT2D eigenvalue weighted by atomic mass is 10.1. The Balaban J connectivity index is 1.57. The monoisotopic (exact) mass is 526 g/mol. The normalized spacial score (nSPS) is 10.7. The maximum atomic E-state index is 13.6. The maximum absolute atomic E-state index is 13.6. The van der Waals surface area contributed by atoms with Crippen LogP contribution in [0.3, 0.4) is 0 Å². The van der Waals surface area contributed by atoms with E-state index in [1.165, 1.54) is 4.90 Å². The molecule has 10 nitrogen and oxygen atoms in total. The number of fused-ring (bicyclic) bond motifs is 1. The zero-order valence-corrected chi connectivity index (χ0v) is 21.8. The summed E-state index contributed by atoms with van der Waals surface area (Å²) in [5.74, 6) is -0.584. The Hall–Kier alpha value is -4.99. The standard InChI is InChI=1S/C29H30N6O4/c1-3-39-27(37)17-32-26(36)18-35(22-7-5-4-6-8-22)29(38)21-13-14-24-23(16-21)33-25(34(24)2)15-19-9-11-20(12-10-19)28(30)31/h4-14,16H,3,15,17-18H2,1-2H3,(H3,30,31)(H,32,36). The third-order valence-corrected chi connectivity index (χ3v) is 6.20. The third kappa shape index (κ3) is 6.48. The molecular formula is C29H30N6O4. The number of nitrogens with two attached hydrogens (primary N) is 1. The quantitative estimate of drug-likeness (QED) is 0.165. The van der Waals surface area contributed by atoms with Crippen LogP contribution in [0.4, 0.5) is 5.69 Å². The van der Waals surface area contributed by atoms with Crippen molar-refractivity contribution >= 4 is 40.3 Å². The first-order chi connectivity index (χ1) is 18.8. The minimum Gasteiger partial charge on any atom is -0.465 e. The molecule has 0 fully saturated rings. The van der Waals surface area contributed by atoms with Gasteiger partial charge in [0, 0.05) is 30.3 Å². The Kier molecular flexibility index (Phi) is 8.35. The number of nitrogens with one attached hydrogen (secondary N) is 2. The SMILES string of the molecule is CCOC(=O)CNC(=O)CN(C(=O)c1ccc2c(c1)nc(Cc1ccc(C(=N)N)cc1)n2C)c1ccccc1. The van der Waals surface area contributed by atoms with E-state index in [0.717, 1.165) is 16.9 Å². The number of anilines is 1. The predicted molar refractivity (Wildman–Crippen MR) is 149 cm³/mol. The summed E-state index contributed by atoms with van der Waals surface area (Å²) in [5.41, 5.74) is 9.65. The summed E-state index contributed by atoms with van der Waals surface area (Å²) < 4.78 is 6.82. The number of esters is 1. The second-order valence-electron chi connectivity index (χ2n) is 8.89. The fourth-order valence-electron chi connectivity index (χ4n) is 4.15. The Labute approximate surface area is 225 Å². The summed E-state index contributed by atoms with van der Waals surface area (Å²) in [4.78, 5) is 44.0. The minimum absolute atomic E-state index is 0.0162. The minimum atomic E-state index is -0.547. The van der Waals surface area contributed by atoms with Crippen molar-refractivity contribution in [2.24, 2.45) is 12.8 Å². The van der Waals surface area contributed by atoms with Gasteiger partial charge in [-0.25, -0.2) is 4.98 Å². The van der Waals surface area contributed by atoms with E-state index in [9.17, 15) is 14.4 Å². The first-order valence-corrected chi connectivity index (χ1v) is 12.4. The second-order valence-corrected chi connectivity index (χ2v) is 8.89. The molecule has 2 amide bonds. The number of para-hydroxylation sites is 1. The molecular weight excluding hydrogens is 496 g/mol. The number of carbonyl (C=O) groups is 3. The van der Waals surface area contributed by atoms with Gasteiger partial charge in [0.15, 0.2) is 0 Å². The molecule has 3 aromatic carbocycles. The number of nitrogens with zero attached hydrogens (tertiary/aromatic N) is 3. The van der Waals surface area contributed by atoms with Crippen LogP contribution in [0.1, 0.15) is 34.2 Å². The topological polar surface area (TPSA) is 143 Å². The van der Waals surface area contributed by atoms with Crippen molar-refractivity contribution in [2.45, 2.75) is 13.3 Å². The predicted octanol–water partition coefficient (Wildman–Crippen LogP) is 2.77. The Bertz CT molecular complexity index is 1510. The number of carbonyl (C=O) groups excluding carboxylic acids is 3. The molecule has 39 heavy (non-hydrogen) atoms. The van der Waals surface area contributed by atoms with Crippen LogP contribution in [0, 0.1) is 5.41 Å². The van der Waals surface area contributed by atoms with Crippen LogP contribution in [-0.2, 0) is 27.8 Å². The van der Waals surface area contributed by atoms with E-state index in [-0.39, 0.29) is 31.4 Å². The fraction of sp³-hybridized carbons (Fsp3) is 0.207. The number of amidine groups is 1. The lowest BCUT2D eigenvalue weighted by molar-refractivity contribution is -0.143. The fourth-order valence-corrected chi connectivity index (χ4v) is 4.15. The van der Waals surface area contributed by atoms with Crippen molar-refractivity contribution < 1.29 is 19.1 Å². The molecule has 1 heterocycles. The van der Waals surface area contributed by atoms with Crippen molar-refractivity contribution in [2.75, 3.05) is 24.6 Å². The number of aromatic nitrogens is 2. The van der Waals surface area contributed by atoms with Gasteiger partial charge in [-0.05, 0) is 42.8 Å². The molecule has 4 N–H and O–H groups in total. The molecule has 4 aromatic rings. The summed E-state index contributed by atoms with van der Waals surface area (Å²) in [6.07, 6.45) is 0.559. The molecule has 4 rings (SSSR count). The molecule has 0 saturated heterocycles. The van der Waals surface area contributed by atoms with Crippen LogP contribution in [0.5, 0.6) is 0 Å². The highest BCUT2D eigenvalue weighted by molar-refractivity contribution is 6.10. The number of rotatable bonds is 10. The first kappa shape index (κ1) is 27.1. The van der Waals surface area contributed by atoms with Gasteiger partial charge in [-0.2, -0.15) is 0 Å². The van der Waals surface area contributed by atoms with E-state index >= 15 is 0 Å². The van der Waals surface area contributed by atoms with Gasteiger partial charge in [0.25, 0.3) is 5.91 Å². The molecule has 0 aliphatic rings. The number of hydrogen-bond acceptors (Lipinski definition) is 6. The van der Waals surface area contributed by atoms with Crippen molar-refractivity contribution in [3.63, 3.8) is 0 Å². The lowest BCUT2D eigenvalue weighted by Gasteiger charge is -2.22. The average Bonchev–Trinajstić information content (AvgIpc) is 3.25. The molecule has 200 valence electrons. The molecule has 10 heteroatoms. The Morgan fingerprint density at radius 1 is 1.03 bits per heavy atom. The molecule has 0 aliphatic heterocycles. The summed E-state index contributed by atoms with van der Waals surface area (Å²) in [6, 6.07) is 21.6. The molecule has 0 unspecified atom stereocenters. The number of imidazole rings is 1. The van der Waals surface area contributed by atoms with Crippen LogP contribution < -0.4 is 16.0 Å². The number of ether oxygens (including phenoxy) is 1. The van der Waals surface area contributed by atoms with Gasteiger partial charge < -0.3 is 20.4 Å². The zero-order valence-electron chi connectivity index (χ0n) is 21.8. The molecule has 0 aliphatic carbocycles. The van der Waals surface area contributed by atoms with Crippen LogP contribution >= 0.6 is 0 Å². The molecule has 0 radical (unpaired) electrons. The van der Waals surface area contributed by atoms with E-state index in [1.54, 1.807) is 55.5 Å². The largest absolute Gasteiger partial charge is 0.465 e. The smallest absolute Gasteiger partial charge is 0.325 e. The third-order valence-electron chi connectivity index (χ3n) is 6.20. The van der Waals surface area contributed by atoms with E-state index in [4.69, 9.17) is 20.9 Å².